The van der Waals surface area contributed by atoms with Gasteiger partial charge in [-0.3, -0.25) is 9.59 Å². The van der Waals surface area contributed by atoms with Crippen molar-refractivity contribution in [2.24, 2.45) is 5.73 Å². The number of hydrogen-bond donors (Lipinski definition) is 2. The summed E-state index contributed by atoms with van der Waals surface area (Å²) < 4.78 is 34.0. The van der Waals surface area contributed by atoms with Crippen molar-refractivity contribution in [1.82, 2.24) is 14.9 Å². The number of anilines is 1. The van der Waals surface area contributed by atoms with Crippen LogP contribution in [-0.4, -0.2) is 33.3 Å². The van der Waals surface area contributed by atoms with Crippen LogP contribution in [0.2, 0.25) is 0 Å². The van der Waals surface area contributed by atoms with E-state index < -0.39 is 17.6 Å². The second kappa shape index (κ2) is 14.4. The largest absolute Gasteiger partial charge is 0.461 e. The van der Waals surface area contributed by atoms with Crippen LogP contribution >= 0.6 is 24.8 Å². The summed E-state index contributed by atoms with van der Waals surface area (Å²) in [5, 5.41) is 0.417. The van der Waals surface area contributed by atoms with Crippen molar-refractivity contribution < 1.29 is 23.1 Å². The molecule has 5 rings (SSSR count). The molecule has 42 heavy (non-hydrogen) atoms. The van der Waals surface area contributed by atoms with Gasteiger partial charge in [0.2, 0.25) is 5.95 Å². The van der Waals surface area contributed by atoms with Crippen molar-refractivity contribution in [3.05, 3.63) is 88.6 Å². The molecule has 4 N–H and O–H groups in total. The molecule has 0 radical (unpaired) electrons. The smallest absolute Gasteiger partial charge is 0.306 e. The van der Waals surface area contributed by atoms with Crippen molar-refractivity contribution >= 4 is 53.5 Å². The van der Waals surface area contributed by atoms with Gasteiger partial charge in [0.1, 0.15) is 12.3 Å². The second-order valence-corrected chi connectivity index (χ2v) is 9.78. The number of unbranched alkanes of at least 4 members (excludes halogenated alkanes) is 2. The molecule has 1 aliphatic heterocycles. The third-order valence-corrected chi connectivity index (χ3v) is 6.97. The third kappa shape index (κ3) is 7.13. The van der Waals surface area contributed by atoms with Gasteiger partial charge in [0.25, 0.3) is 5.91 Å². The Morgan fingerprint density at radius 1 is 0.905 bits per heavy atom. The van der Waals surface area contributed by atoms with E-state index in [1.54, 1.807) is 23.1 Å². The maximum absolute atomic E-state index is 14.4. The number of aromatic nitrogens is 2. The van der Waals surface area contributed by atoms with Crippen LogP contribution in [-0.2, 0) is 29.2 Å². The summed E-state index contributed by atoms with van der Waals surface area (Å²) in [6.45, 7) is 1.18. The van der Waals surface area contributed by atoms with E-state index in [9.17, 15) is 18.4 Å². The van der Waals surface area contributed by atoms with Gasteiger partial charge in [-0.15, -0.1) is 24.8 Å². The van der Waals surface area contributed by atoms with Crippen LogP contribution in [0.3, 0.4) is 0 Å². The molecule has 2 heterocycles. The number of nitrogens with zero attached hydrogens (tertiary/aromatic N) is 3. The van der Waals surface area contributed by atoms with Gasteiger partial charge in [-0.2, -0.15) is 0 Å². The highest BCUT2D eigenvalue weighted by Gasteiger charge is 2.27. The minimum absolute atomic E-state index is 0. The summed E-state index contributed by atoms with van der Waals surface area (Å²) in [6.07, 6.45) is 2.45. The molecule has 3 aromatic carbocycles. The van der Waals surface area contributed by atoms with Gasteiger partial charge >= 0.3 is 5.97 Å². The number of hydrogen-bond acceptors (Lipinski definition) is 7. The number of benzene rings is 3. The van der Waals surface area contributed by atoms with E-state index >= 15 is 0 Å². The van der Waals surface area contributed by atoms with E-state index in [0.717, 1.165) is 36.1 Å². The van der Waals surface area contributed by atoms with E-state index in [2.05, 4.69) is 9.97 Å². The second-order valence-electron chi connectivity index (χ2n) is 9.78. The van der Waals surface area contributed by atoms with Crippen LogP contribution in [0.25, 0.3) is 22.0 Å². The Morgan fingerprint density at radius 3 is 2.29 bits per heavy atom. The first kappa shape index (κ1) is 32.7. The Morgan fingerprint density at radius 2 is 1.60 bits per heavy atom. The van der Waals surface area contributed by atoms with Gasteiger partial charge in [-0.1, -0.05) is 36.8 Å². The molecule has 4 aromatic rings. The summed E-state index contributed by atoms with van der Waals surface area (Å²) in [5.41, 5.74) is 15.2. The monoisotopic (exact) mass is 617 g/mol. The number of rotatable bonds is 9. The summed E-state index contributed by atoms with van der Waals surface area (Å²) in [5.74, 6) is -2.91. The van der Waals surface area contributed by atoms with Crippen LogP contribution < -0.4 is 11.5 Å². The fourth-order valence-electron chi connectivity index (χ4n) is 4.90. The molecule has 0 unspecified atom stereocenters. The summed E-state index contributed by atoms with van der Waals surface area (Å²) in [6, 6.07) is 14.8. The van der Waals surface area contributed by atoms with Gasteiger partial charge in [0.05, 0.1) is 5.52 Å². The fraction of sp³-hybridized carbons (Fsp3) is 0.267. The van der Waals surface area contributed by atoms with E-state index in [1.165, 1.54) is 0 Å². The Labute approximate surface area is 254 Å². The van der Waals surface area contributed by atoms with E-state index in [0.29, 0.717) is 48.1 Å². The SMILES string of the molecule is Cl.Cl.NCCCCCC(=O)OCc1cc(F)c(F)cc1-c1ccc2nc(N)nc(C(=O)N3Cc4ccccc4C3)c2c1. The van der Waals surface area contributed by atoms with Crippen LogP contribution in [0.1, 0.15) is 52.9 Å². The van der Waals surface area contributed by atoms with E-state index in [4.69, 9.17) is 16.2 Å². The third-order valence-electron chi connectivity index (χ3n) is 6.97. The first-order valence-corrected chi connectivity index (χ1v) is 13.1. The maximum Gasteiger partial charge on any atom is 0.306 e. The highest BCUT2D eigenvalue weighted by atomic mass is 35.5. The Balaban J connectivity index is 0.00000242. The highest BCUT2D eigenvalue weighted by molar-refractivity contribution is 6.06. The molecule has 0 spiro atoms. The van der Waals surface area contributed by atoms with Crippen molar-refractivity contribution in [3.63, 3.8) is 0 Å². The predicted molar refractivity (Wildman–Crippen MR) is 161 cm³/mol. The maximum atomic E-state index is 14.4. The molecule has 1 amide bonds. The van der Waals surface area contributed by atoms with Crippen molar-refractivity contribution in [2.45, 2.75) is 45.4 Å². The molecule has 1 aliphatic rings. The van der Waals surface area contributed by atoms with Crippen LogP contribution in [0, 0.1) is 11.6 Å². The molecular formula is C30H31Cl2F2N5O3. The first-order chi connectivity index (χ1) is 19.3. The van der Waals surface area contributed by atoms with Gasteiger partial charge in [-0.25, -0.2) is 18.7 Å². The number of nitrogen functional groups attached to an aromatic ring is 1. The quantitative estimate of drug-likeness (QED) is 0.182. The topological polar surface area (TPSA) is 124 Å². The Bertz CT molecular complexity index is 1580. The van der Waals surface area contributed by atoms with Gasteiger partial charge < -0.3 is 21.1 Å². The lowest BCUT2D eigenvalue weighted by molar-refractivity contribution is -0.145. The average Bonchev–Trinajstić information content (AvgIpc) is 3.39. The minimum Gasteiger partial charge on any atom is -0.461 e. The molecule has 0 saturated heterocycles. The number of nitrogens with two attached hydrogens (primary N) is 2. The van der Waals surface area contributed by atoms with Gasteiger partial charge in [0.15, 0.2) is 11.6 Å². The average molecular weight is 619 g/mol. The first-order valence-electron chi connectivity index (χ1n) is 13.1. The molecule has 1 aromatic heterocycles. The lowest BCUT2D eigenvalue weighted by atomic mass is 9.97. The molecule has 0 aliphatic carbocycles. The van der Waals surface area contributed by atoms with Gasteiger partial charge in [-0.05, 0) is 65.9 Å². The lowest BCUT2D eigenvalue weighted by Gasteiger charge is -2.17. The van der Waals surface area contributed by atoms with Crippen molar-refractivity contribution in [1.29, 1.82) is 0 Å². The Hall–Kier alpha value is -3.86. The Kier molecular flexibility index (Phi) is 11.2. The van der Waals surface area contributed by atoms with Crippen LogP contribution in [0.15, 0.2) is 54.6 Å². The minimum atomic E-state index is -1.06. The fourth-order valence-corrected chi connectivity index (χ4v) is 4.90. The number of ether oxygens (including phenoxy) is 1. The van der Waals surface area contributed by atoms with E-state index in [-0.39, 0.29) is 61.0 Å². The standard InChI is InChI=1S/C30H29F2N5O3.2ClH/c31-24-13-21(17-40-27(38)8-2-1-5-11-33)22(14-25(24)32)18-9-10-26-23(12-18)28(36-30(34)35-26)29(39)37-15-19-6-3-4-7-20(19)16-37;;/h3-4,6-7,9-10,12-14H,1-2,5,8,11,15-17,33H2,(H2,34,35,36);2*1H. The zero-order valence-corrected chi connectivity index (χ0v) is 24.3. The number of halogens is 4. The molecule has 0 saturated carbocycles. The molecule has 12 heteroatoms. The van der Waals surface area contributed by atoms with Crippen LogP contribution in [0.5, 0.6) is 0 Å². The zero-order valence-electron chi connectivity index (χ0n) is 22.6. The number of esters is 1. The number of carbonyl (C=O) groups is 2. The summed E-state index contributed by atoms with van der Waals surface area (Å²) >= 11 is 0. The van der Waals surface area contributed by atoms with Crippen LogP contribution in [0.4, 0.5) is 14.7 Å². The highest BCUT2D eigenvalue weighted by Crippen LogP contribution is 2.32. The molecule has 0 fully saturated rings. The van der Waals surface area contributed by atoms with Gasteiger partial charge in [0, 0.05) is 30.5 Å². The molecule has 8 nitrogen and oxygen atoms in total. The zero-order chi connectivity index (χ0) is 28.2. The normalized spacial score (nSPS) is 11.9. The lowest BCUT2D eigenvalue weighted by Crippen LogP contribution is -2.27. The van der Waals surface area contributed by atoms with Crippen molar-refractivity contribution in [2.75, 3.05) is 12.3 Å². The summed E-state index contributed by atoms with van der Waals surface area (Å²) in [4.78, 5) is 36.0. The number of carbonyl (C=O) groups excluding carboxylic acids is 2. The van der Waals surface area contributed by atoms with Crippen molar-refractivity contribution in [3.8, 4) is 11.1 Å². The molecule has 0 bridgehead atoms. The predicted octanol–water partition coefficient (Wildman–Crippen LogP) is 5.72. The summed E-state index contributed by atoms with van der Waals surface area (Å²) in [7, 11) is 0. The molecule has 0 atom stereocenters. The molecule has 222 valence electrons. The number of amides is 1. The molecular weight excluding hydrogens is 587 g/mol. The van der Waals surface area contributed by atoms with E-state index in [1.807, 2.05) is 24.3 Å². The number of fused-ring (bicyclic) bond motifs is 2.